The Morgan fingerprint density at radius 3 is 2.06 bits per heavy atom. The minimum absolute atomic E-state index is 0.0874. The summed E-state index contributed by atoms with van der Waals surface area (Å²) in [5.74, 6) is -1.40. The Bertz CT molecular complexity index is 1310. The Hall–Kier alpha value is -4.06. The molecule has 0 aromatic heterocycles. The van der Waals surface area contributed by atoms with Crippen LogP contribution in [0, 0.1) is 0 Å². The summed E-state index contributed by atoms with van der Waals surface area (Å²) in [4.78, 5) is 24.3. The molecule has 3 aromatic rings. The van der Waals surface area contributed by atoms with Crippen molar-refractivity contribution in [2.45, 2.75) is 11.1 Å². The summed E-state index contributed by atoms with van der Waals surface area (Å²) in [7, 11) is -2.70. The highest BCUT2D eigenvalue weighted by Crippen LogP contribution is 2.29. The van der Waals surface area contributed by atoms with Crippen LogP contribution in [0.25, 0.3) is 0 Å². The van der Waals surface area contributed by atoms with E-state index in [1.54, 1.807) is 18.2 Å². The molecule has 178 valence electrons. The predicted octanol–water partition coefficient (Wildman–Crippen LogP) is 3.59. The van der Waals surface area contributed by atoms with Crippen molar-refractivity contribution in [3.63, 3.8) is 0 Å². The molecule has 0 spiro atoms. The molecule has 0 atom stereocenters. The number of alkyl halides is 3. The normalized spacial score (nSPS) is 11.4. The number of carbonyl (C=O) groups excluding carboxylic acids is 2. The van der Waals surface area contributed by atoms with Crippen LogP contribution < -0.4 is 20.3 Å². The number of nitrogens with one attached hydrogen (secondary N) is 3. The number of rotatable bonds is 6. The van der Waals surface area contributed by atoms with Crippen molar-refractivity contribution in [2.75, 3.05) is 11.8 Å². The number of methoxy groups -OCH3 is 1. The molecule has 34 heavy (non-hydrogen) atoms. The third kappa shape index (κ3) is 5.84. The molecular formula is C22H18F3N3O5S. The quantitative estimate of drug-likeness (QED) is 0.454. The number of ether oxygens (including phenoxy) is 1. The number of para-hydroxylation sites is 2. The molecular weight excluding hydrogens is 475 g/mol. The van der Waals surface area contributed by atoms with Gasteiger partial charge in [0.05, 0.1) is 23.3 Å². The van der Waals surface area contributed by atoms with Gasteiger partial charge in [0.2, 0.25) is 0 Å². The van der Waals surface area contributed by atoms with E-state index in [-0.39, 0.29) is 21.7 Å². The first-order valence-corrected chi connectivity index (χ1v) is 11.0. The van der Waals surface area contributed by atoms with Gasteiger partial charge in [-0.05, 0) is 54.6 Å². The molecule has 0 saturated heterocycles. The first kappa shape index (κ1) is 24.6. The van der Waals surface area contributed by atoms with Gasteiger partial charge in [-0.2, -0.15) is 13.2 Å². The van der Waals surface area contributed by atoms with Crippen molar-refractivity contribution < 1.29 is 35.9 Å². The largest absolute Gasteiger partial charge is 0.495 e. The fraction of sp³-hybridized carbons (Fsp3) is 0.0909. The second kappa shape index (κ2) is 9.83. The number of amides is 2. The monoisotopic (exact) mass is 493 g/mol. The first-order valence-electron chi connectivity index (χ1n) is 9.55. The number of halogens is 3. The molecule has 8 nitrogen and oxygen atoms in total. The van der Waals surface area contributed by atoms with Gasteiger partial charge in [-0.1, -0.05) is 18.2 Å². The van der Waals surface area contributed by atoms with Crippen LogP contribution in [0.1, 0.15) is 26.3 Å². The van der Waals surface area contributed by atoms with Crippen LogP contribution in [0.15, 0.2) is 77.7 Å². The summed E-state index contributed by atoms with van der Waals surface area (Å²) in [6.07, 6.45) is -4.55. The summed E-state index contributed by atoms with van der Waals surface area (Å²) in [6.45, 7) is 0. The fourth-order valence-electron chi connectivity index (χ4n) is 2.81. The lowest BCUT2D eigenvalue weighted by Crippen LogP contribution is -2.41. The van der Waals surface area contributed by atoms with E-state index in [0.717, 1.165) is 30.3 Å². The molecule has 3 rings (SSSR count). The average molecular weight is 493 g/mol. The number of hydrogen-bond acceptors (Lipinski definition) is 5. The van der Waals surface area contributed by atoms with Crippen molar-refractivity contribution >= 4 is 27.5 Å². The SMILES string of the molecule is COc1ccccc1NS(=O)(=O)c1cccc(C(=O)NNC(=O)c2ccc(C(F)(F)F)cc2)c1. The van der Waals surface area contributed by atoms with Crippen molar-refractivity contribution in [2.24, 2.45) is 0 Å². The third-order valence-electron chi connectivity index (χ3n) is 4.52. The van der Waals surface area contributed by atoms with Crippen LogP contribution in [-0.4, -0.2) is 27.3 Å². The topological polar surface area (TPSA) is 114 Å². The van der Waals surface area contributed by atoms with Gasteiger partial charge in [0.25, 0.3) is 21.8 Å². The molecule has 3 aromatic carbocycles. The molecule has 0 aliphatic heterocycles. The van der Waals surface area contributed by atoms with Gasteiger partial charge in [0.15, 0.2) is 0 Å². The maximum absolute atomic E-state index is 12.7. The molecule has 0 unspecified atom stereocenters. The van der Waals surface area contributed by atoms with Gasteiger partial charge in [0, 0.05) is 11.1 Å². The van der Waals surface area contributed by atoms with Gasteiger partial charge in [0.1, 0.15) is 5.75 Å². The van der Waals surface area contributed by atoms with Crippen LogP contribution >= 0.6 is 0 Å². The van der Waals surface area contributed by atoms with Gasteiger partial charge in [-0.3, -0.25) is 25.2 Å². The molecule has 0 fully saturated rings. The second-order valence-corrected chi connectivity index (χ2v) is 8.50. The predicted molar refractivity (Wildman–Crippen MR) is 117 cm³/mol. The maximum atomic E-state index is 12.7. The van der Waals surface area contributed by atoms with Crippen molar-refractivity contribution in [1.82, 2.24) is 10.9 Å². The first-order chi connectivity index (χ1) is 16.0. The highest BCUT2D eigenvalue weighted by Gasteiger charge is 2.30. The second-order valence-electron chi connectivity index (χ2n) is 6.82. The summed E-state index contributed by atoms with van der Waals surface area (Å²) in [5, 5.41) is 0. The van der Waals surface area contributed by atoms with Crippen LogP contribution in [0.4, 0.5) is 18.9 Å². The minimum Gasteiger partial charge on any atom is -0.495 e. The molecule has 0 saturated carbocycles. The molecule has 12 heteroatoms. The summed E-state index contributed by atoms with van der Waals surface area (Å²) >= 11 is 0. The third-order valence-corrected chi connectivity index (χ3v) is 5.88. The molecule has 0 aliphatic rings. The van der Waals surface area contributed by atoms with E-state index in [0.29, 0.717) is 5.75 Å². The number of sulfonamides is 1. The van der Waals surface area contributed by atoms with E-state index in [4.69, 9.17) is 4.74 Å². The highest BCUT2D eigenvalue weighted by molar-refractivity contribution is 7.92. The number of hydrogen-bond donors (Lipinski definition) is 3. The molecule has 0 bridgehead atoms. The zero-order valence-corrected chi connectivity index (χ0v) is 18.3. The number of anilines is 1. The number of hydrazine groups is 1. The zero-order valence-electron chi connectivity index (χ0n) is 17.5. The van der Waals surface area contributed by atoms with Gasteiger partial charge < -0.3 is 4.74 Å². The van der Waals surface area contributed by atoms with Crippen LogP contribution in [0.2, 0.25) is 0 Å². The van der Waals surface area contributed by atoms with E-state index in [1.165, 1.54) is 31.4 Å². The molecule has 0 radical (unpaired) electrons. The van der Waals surface area contributed by atoms with E-state index >= 15 is 0 Å². The molecule has 0 heterocycles. The lowest BCUT2D eigenvalue weighted by Gasteiger charge is -2.12. The zero-order chi connectivity index (χ0) is 24.9. The van der Waals surface area contributed by atoms with Crippen molar-refractivity contribution in [3.05, 3.63) is 89.5 Å². The van der Waals surface area contributed by atoms with E-state index in [9.17, 15) is 31.2 Å². The Morgan fingerprint density at radius 2 is 1.44 bits per heavy atom. The number of benzene rings is 3. The summed E-state index contributed by atoms with van der Waals surface area (Å²) in [6, 6.07) is 14.8. The Labute approximate surface area is 192 Å². The van der Waals surface area contributed by atoms with E-state index in [2.05, 4.69) is 15.6 Å². The minimum atomic E-state index is -4.55. The molecule has 2 amide bonds. The lowest BCUT2D eigenvalue weighted by atomic mass is 10.1. The number of carbonyl (C=O) groups is 2. The van der Waals surface area contributed by atoms with Gasteiger partial charge in [-0.15, -0.1) is 0 Å². The molecule has 3 N–H and O–H groups in total. The van der Waals surface area contributed by atoms with Crippen LogP contribution in [-0.2, 0) is 16.2 Å². The highest BCUT2D eigenvalue weighted by atomic mass is 32.2. The Morgan fingerprint density at radius 1 is 0.824 bits per heavy atom. The maximum Gasteiger partial charge on any atom is 0.416 e. The van der Waals surface area contributed by atoms with Crippen molar-refractivity contribution in [3.8, 4) is 5.75 Å². The van der Waals surface area contributed by atoms with E-state index in [1.807, 2.05) is 0 Å². The van der Waals surface area contributed by atoms with Crippen LogP contribution in [0.5, 0.6) is 5.75 Å². The van der Waals surface area contributed by atoms with Crippen LogP contribution in [0.3, 0.4) is 0 Å². The standard InChI is InChI=1S/C22H18F3N3O5S/c1-33-19-8-3-2-7-18(19)28-34(31,32)17-6-4-5-15(13-17)21(30)27-26-20(29)14-9-11-16(12-10-14)22(23,24)25/h2-13,28H,1H3,(H,26,29)(H,27,30). The average Bonchev–Trinajstić information content (AvgIpc) is 2.82. The molecule has 0 aliphatic carbocycles. The van der Waals surface area contributed by atoms with Gasteiger partial charge >= 0.3 is 6.18 Å². The fourth-order valence-corrected chi connectivity index (χ4v) is 3.92. The summed E-state index contributed by atoms with van der Waals surface area (Å²) in [5.41, 5.74) is 3.23. The lowest BCUT2D eigenvalue weighted by molar-refractivity contribution is -0.137. The van der Waals surface area contributed by atoms with Crippen molar-refractivity contribution in [1.29, 1.82) is 0 Å². The van der Waals surface area contributed by atoms with Gasteiger partial charge in [-0.25, -0.2) is 8.42 Å². The Kier molecular flexibility index (Phi) is 7.11. The van der Waals surface area contributed by atoms with E-state index < -0.39 is 33.6 Å². The summed E-state index contributed by atoms with van der Waals surface area (Å²) < 4.78 is 70.9. The smallest absolute Gasteiger partial charge is 0.416 e. The Balaban J connectivity index is 1.69.